The summed E-state index contributed by atoms with van der Waals surface area (Å²) in [6.45, 7) is 4.59. The van der Waals surface area contributed by atoms with Gasteiger partial charge < -0.3 is 10.0 Å². The Balaban J connectivity index is 0.00000128. The SMILES string of the molecule is CN1CCC(C)(c2cccc(O)c2)CC1.Cl. The minimum Gasteiger partial charge on any atom is -0.508 e. The number of halogens is 1. The summed E-state index contributed by atoms with van der Waals surface area (Å²) in [7, 11) is 2.17. The summed E-state index contributed by atoms with van der Waals surface area (Å²) in [5.41, 5.74) is 1.52. The molecule has 0 aliphatic carbocycles. The van der Waals surface area contributed by atoms with Gasteiger partial charge in [-0.2, -0.15) is 0 Å². The van der Waals surface area contributed by atoms with Crippen molar-refractivity contribution in [2.75, 3.05) is 20.1 Å². The zero-order valence-electron chi connectivity index (χ0n) is 9.94. The number of benzene rings is 1. The molecule has 0 saturated carbocycles. The van der Waals surface area contributed by atoms with Crippen molar-refractivity contribution in [3.63, 3.8) is 0 Å². The van der Waals surface area contributed by atoms with Gasteiger partial charge in [0.05, 0.1) is 0 Å². The van der Waals surface area contributed by atoms with E-state index in [4.69, 9.17) is 0 Å². The van der Waals surface area contributed by atoms with Gasteiger partial charge in [-0.05, 0) is 56.1 Å². The fourth-order valence-electron chi connectivity index (χ4n) is 2.28. The van der Waals surface area contributed by atoms with E-state index in [-0.39, 0.29) is 17.8 Å². The van der Waals surface area contributed by atoms with Crippen LogP contribution in [0.4, 0.5) is 0 Å². The van der Waals surface area contributed by atoms with E-state index in [2.05, 4.69) is 24.9 Å². The number of phenols is 1. The summed E-state index contributed by atoms with van der Waals surface area (Å²) in [6, 6.07) is 7.71. The largest absolute Gasteiger partial charge is 0.508 e. The Kier molecular flexibility index (Phi) is 4.22. The van der Waals surface area contributed by atoms with Gasteiger partial charge in [-0.25, -0.2) is 0 Å². The van der Waals surface area contributed by atoms with Gasteiger partial charge in [0.25, 0.3) is 0 Å². The van der Waals surface area contributed by atoms with Crippen molar-refractivity contribution in [3.8, 4) is 5.75 Å². The molecule has 3 heteroatoms. The third-order valence-corrected chi connectivity index (χ3v) is 3.63. The molecule has 1 aliphatic heterocycles. The first-order valence-electron chi connectivity index (χ1n) is 5.58. The van der Waals surface area contributed by atoms with E-state index in [1.165, 1.54) is 18.4 Å². The van der Waals surface area contributed by atoms with Gasteiger partial charge in [0.2, 0.25) is 0 Å². The number of aromatic hydroxyl groups is 1. The Labute approximate surface area is 104 Å². The third-order valence-electron chi connectivity index (χ3n) is 3.63. The Morgan fingerprint density at radius 1 is 1.25 bits per heavy atom. The fraction of sp³-hybridized carbons (Fsp3) is 0.538. The number of piperidine rings is 1. The highest BCUT2D eigenvalue weighted by Gasteiger charge is 2.30. The molecule has 2 nitrogen and oxygen atoms in total. The van der Waals surface area contributed by atoms with Crippen LogP contribution in [0.3, 0.4) is 0 Å². The number of nitrogens with zero attached hydrogens (tertiary/aromatic N) is 1. The molecule has 90 valence electrons. The van der Waals surface area contributed by atoms with E-state index in [0.29, 0.717) is 5.75 Å². The first kappa shape index (κ1) is 13.3. The minimum absolute atomic E-state index is 0. The second kappa shape index (κ2) is 5.07. The van der Waals surface area contributed by atoms with Gasteiger partial charge in [-0.15, -0.1) is 12.4 Å². The molecule has 1 fully saturated rings. The minimum atomic E-state index is 0. The fourth-order valence-corrected chi connectivity index (χ4v) is 2.28. The zero-order valence-corrected chi connectivity index (χ0v) is 10.8. The van der Waals surface area contributed by atoms with Gasteiger partial charge in [-0.1, -0.05) is 19.1 Å². The molecule has 1 aromatic carbocycles. The molecular formula is C13H20ClNO. The van der Waals surface area contributed by atoms with Crippen LogP contribution in [0.1, 0.15) is 25.3 Å². The van der Waals surface area contributed by atoms with Crippen LogP contribution in [0, 0.1) is 0 Å². The second-order valence-electron chi connectivity index (χ2n) is 4.91. The molecule has 16 heavy (non-hydrogen) atoms. The van der Waals surface area contributed by atoms with E-state index >= 15 is 0 Å². The van der Waals surface area contributed by atoms with Crippen LogP contribution in [0.2, 0.25) is 0 Å². The molecule has 1 aliphatic rings. The van der Waals surface area contributed by atoms with Crippen molar-refractivity contribution in [2.24, 2.45) is 0 Å². The molecule has 1 heterocycles. The Morgan fingerprint density at radius 2 is 1.88 bits per heavy atom. The molecule has 0 amide bonds. The lowest BCUT2D eigenvalue weighted by molar-refractivity contribution is 0.199. The van der Waals surface area contributed by atoms with Gasteiger partial charge in [0, 0.05) is 0 Å². The van der Waals surface area contributed by atoms with Crippen molar-refractivity contribution in [1.82, 2.24) is 4.90 Å². The molecule has 0 unspecified atom stereocenters. The summed E-state index contributed by atoms with van der Waals surface area (Å²) >= 11 is 0. The highest BCUT2D eigenvalue weighted by Crippen LogP contribution is 2.35. The van der Waals surface area contributed by atoms with E-state index in [0.717, 1.165) is 13.1 Å². The van der Waals surface area contributed by atoms with Crippen molar-refractivity contribution >= 4 is 12.4 Å². The van der Waals surface area contributed by atoms with Crippen LogP contribution in [-0.4, -0.2) is 30.1 Å². The smallest absolute Gasteiger partial charge is 0.115 e. The maximum absolute atomic E-state index is 9.50. The van der Waals surface area contributed by atoms with Crippen LogP contribution in [0.5, 0.6) is 5.75 Å². The topological polar surface area (TPSA) is 23.5 Å². The summed E-state index contributed by atoms with van der Waals surface area (Å²) in [5, 5.41) is 9.50. The molecule has 0 spiro atoms. The molecular weight excluding hydrogens is 222 g/mol. The maximum Gasteiger partial charge on any atom is 0.115 e. The van der Waals surface area contributed by atoms with E-state index in [1.54, 1.807) is 6.07 Å². The van der Waals surface area contributed by atoms with Crippen LogP contribution in [0.15, 0.2) is 24.3 Å². The van der Waals surface area contributed by atoms with Crippen LogP contribution >= 0.6 is 12.4 Å². The Hall–Kier alpha value is -0.730. The lowest BCUT2D eigenvalue weighted by Crippen LogP contribution is -2.38. The molecule has 0 atom stereocenters. The van der Waals surface area contributed by atoms with Crippen molar-refractivity contribution in [2.45, 2.75) is 25.2 Å². The maximum atomic E-state index is 9.50. The monoisotopic (exact) mass is 241 g/mol. The average molecular weight is 242 g/mol. The molecule has 2 rings (SSSR count). The Morgan fingerprint density at radius 3 is 2.44 bits per heavy atom. The van der Waals surface area contributed by atoms with Gasteiger partial charge in [0.1, 0.15) is 5.75 Å². The van der Waals surface area contributed by atoms with Crippen molar-refractivity contribution < 1.29 is 5.11 Å². The molecule has 0 bridgehead atoms. The summed E-state index contributed by atoms with van der Waals surface area (Å²) in [5.74, 6) is 0.382. The zero-order chi connectivity index (χ0) is 10.9. The van der Waals surface area contributed by atoms with E-state index in [1.807, 2.05) is 12.1 Å². The highest BCUT2D eigenvalue weighted by molar-refractivity contribution is 5.85. The van der Waals surface area contributed by atoms with Crippen LogP contribution < -0.4 is 0 Å². The van der Waals surface area contributed by atoms with E-state index in [9.17, 15) is 5.11 Å². The first-order valence-corrected chi connectivity index (χ1v) is 5.58. The van der Waals surface area contributed by atoms with Crippen LogP contribution in [-0.2, 0) is 5.41 Å². The summed E-state index contributed by atoms with van der Waals surface area (Å²) in [6.07, 6.45) is 2.35. The van der Waals surface area contributed by atoms with Crippen molar-refractivity contribution in [3.05, 3.63) is 29.8 Å². The average Bonchev–Trinajstić information content (AvgIpc) is 2.23. The highest BCUT2D eigenvalue weighted by atomic mass is 35.5. The number of hydrogen-bond acceptors (Lipinski definition) is 2. The molecule has 1 aromatic rings. The van der Waals surface area contributed by atoms with Gasteiger partial charge >= 0.3 is 0 Å². The number of phenolic OH excluding ortho intramolecular Hbond substituents is 1. The lowest BCUT2D eigenvalue weighted by atomic mass is 9.74. The second-order valence-corrected chi connectivity index (χ2v) is 4.91. The molecule has 1 N–H and O–H groups in total. The normalized spacial score (nSPS) is 20.1. The lowest BCUT2D eigenvalue weighted by Gasteiger charge is -2.38. The van der Waals surface area contributed by atoms with Crippen LogP contribution in [0.25, 0.3) is 0 Å². The van der Waals surface area contributed by atoms with E-state index < -0.39 is 0 Å². The third kappa shape index (κ3) is 2.69. The number of rotatable bonds is 1. The van der Waals surface area contributed by atoms with Crippen molar-refractivity contribution in [1.29, 1.82) is 0 Å². The molecule has 0 aromatic heterocycles. The quantitative estimate of drug-likeness (QED) is 0.818. The number of hydrogen-bond donors (Lipinski definition) is 1. The summed E-state index contributed by atoms with van der Waals surface area (Å²) in [4.78, 5) is 2.37. The standard InChI is InChI=1S/C13H19NO.ClH/c1-13(6-8-14(2)9-7-13)11-4-3-5-12(15)10-11;/h3-5,10,15H,6-9H2,1-2H3;1H. The van der Waals surface area contributed by atoms with Gasteiger partial charge in [-0.3, -0.25) is 0 Å². The predicted molar refractivity (Wildman–Crippen MR) is 69.4 cm³/mol. The Bertz CT molecular complexity index is 346. The number of likely N-dealkylation sites (tertiary alicyclic amines) is 1. The first-order chi connectivity index (χ1) is 7.10. The molecule has 0 radical (unpaired) electrons. The van der Waals surface area contributed by atoms with Gasteiger partial charge in [0.15, 0.2) is 0 Å². The summed E-state index contributed by atoms with van der Waals surface area (Å²) < 4.78 is 0. The molecule has 1 saturated heterocycles. The predicted octanol–water partition coefficient (Wildman–Crippen LogP) is 2.80.